The first kappa shape index (κ1) is 61.4. The minimum absolute atomic E-state index is 0. The normalized spacial score (nSPS) is 31.7. The number of piperidine rings is 2. The van der Waals surface area contributed by atoms with Crippen LogP contribution in [0.25, 0.3) is 0 Å². The van der Waals surface area contributed by atoms with Crippen LogP contribution in [0.15, 0.2) is 121 Å². The number of hydrogen-bond acceptors (Lipinski definition) is 13. The van der Waals surface area contributed by atoms with Crippen LogP contribution in [0.3, 0.4) is 0 Å². The van der Waals surface area contributed by atoms with E-state index in [0.29, 0.717) is 64.5 Å². The smallest absolute Gasteiger partial charge is 0.214 e. The lowest BCUT2D eigenvalue weighted by Gasteiger charge is -2.65. The number of carbonyl (C=O) groups excluding carboxylic acids is 1. The molecule has 450 valence electrons. The van der Waals surface area contributed by atoms with Crippen molar-refractivity contribution in [3.05, 3.63) is 144 Å². The van der Waals surface area contributed by atoms with Gasteiger partial charge in [0.1, 0.15) is 5.78 Å². The minimum atomic E-state index is -3.45. The average Bonchev–Trinajstić information content (AvgIpc) is 2.09. The minimum Gasteiger partial charge on any atom is -0.413 e. The van der Waals surface area contributed by atoms with Gasteiger partial charge in [0.2, 0.25) is 20.0 Å². The molecule has 12 rings (SSSR count). The molecule has 0 aromatic heterocycles. The number of nitrogens with zero attached hydrogens (tertiary/aromatic N) is 3. The Morgan fingerprint density at radius 2 is 1.21 bits per heavy atom. The molecule has 1 spiro atoms. The second-order valence-corrected chi connectivity index (χ2v) is 34.2. The highest BCUT2D eigenvalue weighted by atomic mass is 32.2. The van der Waals surface area contributed by atoms with Gasteiger partial charge in [0, 0.05) is 108 Å². The standard InChI is InChI=1S/C32H45NO4Si.C28H36N2O5S.C4H9NO2S.H2/c1-4-38(5-2,6-3)37-29-30(19-26-13-9-7-10-14-26)22-32(35-17-18-36-32)23-31(29,28-21-34-28)25-33(24-30)20-27-15-11-8-12-16-27;31-24-16-27(15-22-9-3-1-4-10-22)20-29(18-23-11-5-2-6-12-23)21-28(17-24,26(27)33)25(32)19-30-13-7-8-14-36(30,34)35;6-8(7)4-2-1-3-5-8;/h7-16,28-29H,4-6,17-25H2,1-3H3;1-6,9-12,25-26,32-33H,7-8,13-21H2;5H,1-4H2;1H/t;25-,26-,27?,28?;;/m.1../s1/i;;;1+2. The zero-order valence-electron chi connectivity index (χ0n) is 48.7. The van der Waals surface area contributed by atoms with Gasteiger partial charge in [-0.3, -0.25) is 14.6 Å². The number of Topliss-reactive ketones (excluding diaryl/α,β-unsaturated/α-hetero) is 1. The van der Waals surface area contributed by atoms with Gasteiger partial charge in [0.05, 0.1) is 55.7 Å². The van der Waals surface area contributed by atoms with Crippen LogP contribution in [-0.4, -0.2) is 163 Å². The van der Waals surface area contributed by atoms with Crippen molar-refractivity contribution in [3.63, 3.8) is 0 Å². The summed E-state index contributed by atoms with van der Waals surface area (Å²) in [4.78, 5) is 18.2. The SMILES string of the molecule is CC[Si](CC)(CC)OC1C2(Cc3ccccc3)CN(Cc3ccccc3)CC1(C1CO1)CC1(C2)OCCO1.O=C1CC2(Cc3ccccc3)CN(Cc3ccccc3)CC([C@H](O)CN3CCCCS3(=O)=O)(C1)[C@@H]2O.O=S1(=O)CCCCN1.[3HH]. The van der Waals surface area contributed by atoms with Crippen molar-refractivity contribution in [1.82, 2.24) is 18.8 Å². The maximum Gasteiger partial charge on any atom is 0.214 e. The summed E-state index contributed by atoms with van der Waals surface area (Å²) in [6.07, 6.45) is 4.92. The molecule has 8 atom stereocenters. The molecule has 18 heteroatoms. The third-order valence-electron chi connectivity index (χ3n) is 19.7. The second-order valence-electron chi connectivity index (χ2n) is 25.4. The molecule has 82 heavy (non-hydrogen) atoms. The number of rotatable bonds is 17. The number of aliphatic hydroxyl groups is 2. The molecule has 6 heterocycles. The molecule has 4 bridgehead atoms. The highest BCUT2D eigenvalue weighted by Gasteiger charge is 2.72. The Hall–Kier alpha value is -3.73. The average molecular weight is 1190 g/mol. The summed E-state index contributed by atoms with van der Waals surface area (Å²) in [6.45, 7) is 14.5. The summed E-state index contributed by atoms with van der Waals surface area (Å²) in [7, 11) is -8.19. The number of epoxide rings is 1. The number of nitrogens with one attached hydrogen (secondary N) is 1. The van der Waals surface area contributed by atoms with Gasteiger partial charge in [0.15, 0.2) is 14.1 Å². The Morgan fingerprint density at radius 3 is 1.71 bits per heavy atom. The van der Waals surface area contributed by atoms with Gasteiger partial charge in [-0.15, -0.1) is 0 Å². The Bertz CT molecular complexity index is 2950. The van der Waals surface area contributed by atoms with Crippen molar-refractivity contribution in [2.45, 2.75) is 146 Å². The number of hydrogen-bond donors (Lipinski definition) is 3. The maximum absolute atomic E-state index is 13.2. The van der Waals surface area contributed by atoms with Gasteiger partial charge in [-0.25, -0.2) is 21.6 Å². The van der Waals surface area contributed by atoms with E-state index in [4.69, 9.17) is 18.6 Å². The summed E-state index contributed by atoms with van der Waals surface area (Å²) in [5, 5.41) is 23.6. The fourth-order valence-corrected chi connectivity index (χ4v) is 21.5. The molecule has 15 nitrogen and oxygen atoms in total. The Kier molecular flexibility index (Phi) is 19.2. The summed E-state index contributed by atoms with van der Waals surface area (Å²) in [6, 6.07) is 45.4. The third kappa shape index (κ3) is 13.6. The van der Waals surface area contributed by atoms with E-state index >= 15 is 0 Å². The van der Waals surface area contributed by atoms with E-state index in [-0.39, 0.29) is 55.4 Å². The summed E-state index contributed by atoms with van der Waals surface area (Å²) in [5.41, 5.74) is 2.73. The fourth-order valence-electron chi connectivity index (χ4n) is 15.8. The van der Waals surface area contributed by atoms with Crippen molar-refractivity contribution in [2.24, 2.45) is 21.7 Å². The van der Waals surface area contributed by atoms with E-state index < -0.39 is 57.2 Å². The summed E-state index contributed by atoms with van der Waals surface area (Å²) in [5.74, 6) is -0.121. The first-order valence-corrected chi connectivity index (χ1v) is 36.2. The number of benzene rings is 4. The van der Waals surface area contributed by atoms with Gasteiger partial charge in [-0.1, -0.05) is 142 Å². The first-order chi connectivity index (χ1) is 39.4. The van der Waals surface area contributed by atoms with Crippen LogP contribution in [0, 0.1) is 21.7 Å². The van der Waals surface area contributed by atoms with Crippen molar-refractivity contribution >= 4 is 34.1 Å². The molecule has 0 radical (unpaired) electrons. The Labute approximate surface area is 491 Å². The van der Waals surface area contributed by atoms with Crippen LogP contribution >= 0.6 is 0 Å². The van der Waals surface area contributed by atoms with Crippen molar-refractivity contribution < 1.29 is 51.9 Å². The highest BCUT2D eigenvalue weighted by Crippen LogP contribution is 2.63. The number of sulfonamides is 2. The third-order valence-corrected chi connectivity index (χ3v) is 27.6. The number of fused-ring (bicyclic) bond motifs is 4. The zero-order valence-corrected chi connectivity index (χ0v) is 51.3. The van der Waals surface area contributed by atoms with Crippen LogP contribution in [-0.2, 0) is 69.4 Å². The Balaban J connectivity index is 0.000000174. The van der Waals surface area contributed by atoms with E-state index in [1.807, 2.05) is 48.5 Å². The molecule has 6 saturated heterocycles. The first-order valence-electron chi connectivity index (χ1n) is 30.4. The molecule has 0 amide bonds. The van der Waals surface area contributed by atoms with E-state index in [9.17, 15) is 31.8 Å². The van der Waals surface area contributed by atoms with E-state index in [1.54, 1.807) is 0 Å². The van der Waals surface area contributed by atoms with Gasteiger partial charge in [-0.05, 0) is 78.9 Å². The van der Waals surface area contributed by atoms with Gasteiger partial charge >= 0.3 is 0 Å². The lowest BCUT2D eigenvalue weighted by Crippen LogP contribution is -2.73. The maximum atomic E-state index is 13.2. The van der Waals surface area contributed by atoms with Gasteiger partial charge < -0.3 is 28.8 Å². The molecule has 4 aromatic carbocycles. The molecule has 2 aliphatic carbocycles. The molecule has 3 N–H and O–H groups in total. The van der Waals surface area contributed by atoms with Crippen LogP contribution in [0.1, 0.15) is 95.8 Å². The van der Waals surface area contributed by atoms with Gasteiger partial charge in [-0.2, -0.15) is 4.31 Å². The van der Waals surface area contributed by atoms with Crippen molar-refractivity contribution in [1.29, 1.82) is 0 Å². The van der Waals surface area contributed by atoms with E-state index in [0.717, 1.165) is 94.0 Å². The number of ether oxygens (including phenoxy) is 3. The molecule has 6 aliphatic heterocycles. The lowest BCUT2D eigenvalue weighted by atomic mass is 9.52. The Morgan fingerprint density at radius 1 is 0.683 bits per heavy atom. The quantitative estimate of drug-likeness (QED) is 0.0679. The number of carbonyl (C=O) groups is 1. The van der Waals surface area contributed by atoms with Crippen molar-refractivity contribution in [2.75, 3.05) is 77.1 Å². The van der Waals surface area contributed by atoms with Crippen LogP contribution in [0.5, 0.6) is 0 Å². The predicted octanol–water partition coefficient (Wildman–Crippen LogP) is 8.22. The number of aliphatic hydroxyl groups excluding tert-OH is 2. The molecule has 2 saturated carbocycles. The summed E-state index contributed by atoms with van der Waals surface area (Å²) >= 11 is 0. The van der Waals surface area contributed by atoms with Crippen molar-refractivity contribution in [3.8, 4) is 0 Å². The largest absolute Gasteiger partial charge is 0.413 e. The zero-order chi connectivity index (χ0) is 57.7. The van der Waals surface area contributed by atoms with E-state index in [1.165, 1.54) is 15.4 Å². The lowest BCUT2D eigenvalue weighted by molar-refractivity contribution is -0.287. The topological polar surface area (TPSA) is 188 Å². The van der Waals surface area contributed by atoms with Crippen LogP contribution in [0.2, 0.25) is 18.1 Å². The molecular weight excluding hydrogens is 1090 g/mol. The molecule has 4 aromatic rings. The second kappa shape index (κ2) is 25.7. The monoisotopic (exact) mass is 1190 g/mol. The van der Waals surface area contributed by atoms with Crippen LogP contribution in [0.4, 0.5) is 0 Å². The van der Waals surface area contributed by atoms with Crippen LogP contribution < -0.4 is 4.72 Å². The molecule has 8 aliphatic rings. The van der Waals surface area contributed by atoms with Gasteiger partial charge in [0.25, 0.3) is 0 Å². The fraction of sp³-hybridized carbons (Fsp3) is 0.609. The summed E-state index contributed by atoms with van der Waals surface area (Å²) < 4.78 is 77.3. The molecule has 6 unspecified atom stereocenters. The molecular formula is C64H92N4O11S2Si. The predicted molar refractivity (Wildman–Crippen MR) is 323 cm³/mol. The van der Waals surface area contributed by atoms with E-state index in [2.05, 4.69) is 108 Å². The number of likely N-dealkylation sites (tertiary alicyclic amines) is 2. The number of ketones is 1. The highest BCUT2D eigenvalue weighted by molar-refractivity contribution is 7.89. The molecule has 8 fully saturated rings. The number of β-amino-alcohol motifs (C(OH)–C–C–N with tert-alkyl or cyclic N) is 1.